The molecule has 6 heteroatoms. The Morgan fingerprint density at radius 1 is 0.900 bits per heavy atom. The molecule has 0 saturated heterocycles. The van der Waals surface area contributed by atoms with Gasteiger partial charge in [0.15, 0.2) is 0 Å². The lowest BCUT2D eigenvalue weighted by molar-refractivity contribution is 0.0695. The molecule has 0 radical (unpaired) electrons. The molecule has 30 heavy (non-hydrogen) atoms. The van der Waals surface area contributed by atoms with E-state index in [9.17, 15) is 14.7 Å². The number of nitrogens with one attached hydrogen (secondary N) is 2. The maximum atomic E-state index is 12.9. The van der Waals surface area contributed by atoms with E-state index in [1.54, 1.807) is 12.1 Å². The van der Waals surface area contributed by atoms with Gasteiger partial charge in [-0.05, 0) is 35.2 Å². The van der Waals surface area contributed by atoms with Crippen LogP contribution in [0.4, 0.5) is 10.5 Å². The Morgan fingerprint density at radius 3 is 2.07 bits per heavy atom. The highest BCUT2D eigenvalue weighted by Crippen LogP contribution is 2.27. The first-order chi connectivity index (χ1) is 14.5. The molecule has 0 unspecified atom stereocenters. The number of amides is 2. The first-order valence-corrected chi connectivity index (χ1v) is 9.79. The highest BCUT2D eigenvalue weighted by molar-refractivity contribution is 5.95. The monoisotopic (exact) mass is 403 g/mol. The third kappa shape index (κ3) is 4.85. The molecule has 2 atom stereocenters. The summed E-state index contributed by atoms with van der Waals surface area (Å²) in [5.74, 6) is -1.02. The lowest BCUT2D eigenvalue weighted by Crippen LogP contribution is -2.38. The van der Waals surface area contributed by atoms with Crippen LogP contribution < -0.4 is 16.4 Å². The number of carboxylic acids is 1. The van der Waals surface area contributed by atoms with Gasteiger partial charge in [0.25, 0.3) is 0 Å². The average Bonchev–Trinajstić information content (AvgIpc) is 2.78. The summed E-state index contributed by atoms with van der Waals surface area (Å²) in [6.45, 7) is 1.85. The standard InChI is InChI=1S/C24H25N3O3/c1-2-18-19(23(28)29)14-9-15-20(18)26-24(30)27-22(17-12-7-4-8-13-17)21(25)16-10-5-3-6-11-16/h3-15,21-22H,2,25H2,1H3,(H,28,29)(H2,26,27,30)/t21-,22-/m0/s1. The summed E-state index contributed by atoms with van der Waals surface area (Å²) in [7, 11) is 0. The summed E-state index contributed by atoms with van der Waals surface area (Å²) < 4.78 is 0. The van der Waals surface area contributed by atoms with Crippen LogP contribution in [0.5, 0.6) is 0 Å². The van der Waals surface area contributed by atoms with Gasteiger partial charge in [0.2, 0.25) is 0 Å². The van der Waals surface area contributed by atoms with Gasteiger partial charge in [-0.1, -0.05) is 73.7 Å². The van der Waals surface area contributed by atoms with E-state index in [1.807, 2.05) is 67.6 Å². The summed E-state index contributed by atoms with van der Waals surface area (Å²) in [6, 6.07) is 22.5. The summed E-state index contributed by atoms with van der Waals surface area (Å²) in [6.07, 6.45) is 0.476. The maximum absolute atomic E-state index is 12.9. The number of hydrogen-bond acceptors (Lipinski definition) is 3. The Labute approximate surface area is 175 Å². The van der Waals surface area contributed by atoms with E-state index < -0.39 is 24.1 Å². The van der Waals surface area contributed by atoms with Gasteiger partial charge in [-0.15, -0.1) is 0 Å². The van der Waals surface area contributed by atoms with Crippen LogP contribution in [0.2, 0.25) is 0 Å². The van der Waals surface area contributed by atoms with Crippen LogP contribution in [0.1, 0.15) is 46.1 Å². The van der Waals surface area contributed by atoms with Crippen LogP contribution in [-0.4, -0.2) is 17.1 Å². The molecular formula is C24H25N3O3. The number of anilines is 1. The zero-order valence-corrected chi connectivity index (χ0v) is 16.7. The zero-order valence-electron chi connectivity index (χ0n) is 16.7. The predicted molar refractivity (Wildman–Crippen MR) is 117 cm³/mol. The number of benzene rings is 3. The molecule has 154 valence electrons. The second-order valence-corrected chi connectivity index (χ2v) is 6.91. The van der Waals surface area contributed by atoms with Crippen molar-refractivity contribution in [1.82, 2.24) is 5.32 Å². The zero-order chi connectivity index (χ0) is 21.5. The van der Waals surface area contributed by atoms with E-state index in [1.165, 1.54) is 6.07 Å². The van der Waals surface area contributed by atoms with Crippen LogP contribution in [0.3, 0.4) is 0 Å². The molecule has 3 rings (SSSR count). The third-order valence-corrected chi connectivity index (χ3v) is 5.00. The van der Waals surface area contributed by atoms with Crippen molar-refractivity contribution in [3.63, 3.8) is 0 Å². The fourth-order valence-electron chi connectivity index (χ4n) is 3.49. The molecule has 5 N–H and O–H groups in total. The van der Waals surface area contributed by atoms with Crippen molar-refractivity contribution in [2.24, 2.45) is 5.73 Å². The van der Waals surface area contributed by atoms with Gasteiger partial charge in [0.1, 0.15) is 0 Å². The Kier molecular flexibility index (Phi) is 6.83. The molecule has 0 bridgehead atoms. The van der Waals surface area contributed by atoms with Crippen molar-refractivity contribution in [2.75, 3.05) is 5.32 Å². The van der Waals surface area contributed by atoms with E-state index in [0.717, 1.165) is 11.1 Å². The van der Waals surface area contributed by atoms with E-state index in [2.05, 4.69) is 10.6 Å². The molecule has 3 aromatic carbocycles. The van der Waals surface area contributed by atoms with Crippen LogP contribution in [0.25, 0.3) is 0 Å². The molecular weight excluding hydrogens is 378 g/mol. The van der Waals surface area contributed by atoms with Crippen LogP contribution in [-0.2, 0) is 6.42 Å². The van der Waals surface area contributed by atoms with Gasteiger partial charge >= 0.3 is 12.0 Å². The highest BCUT2D eigenvalue weighted by Gasteiger charge is 2.24. The molecule has 6 nitrogen and oxygen atoms in total. The molecule has 3 aromatic rings. The summed E-state index contributed by atoms with van der Waals surface area (Å²) in [4.78, 5) is 24.3. The Balaban J connectivity index is 1.86. The molecule has 0 aliphatic carbocycles. The number of carbonyl (C=O) groups excluding carboxylic acids is 1. The number of nitrogens with two attached hydrogens (primary N) is 1. The molecule has 0 saturated carbocycles. The van der Waals surface area contributed by atoms with Gasteiger partial charge in [0, 0.05) is 5.69 Å². The number of carboxylic acid groups (broad SMARTS) is 1. The molecule has 2 amide bonds. The average molecular weight is 403 g/mol. The maximum Gasteiger partial charge on any atom is 0.336 e. The first kappa shape index (κ1) is 21.1. The Morgan fingerprint density at radius 2 is 1.50 bits per heavy atom. The van der Waals surface area contributed by atoms with Gasteiger partial charge in [-0.25, -0.2) is 9.59 Å². The number of urea groups is 1. The molecule has 0 aromatic heterocycles. The van der Waals surface area contributed by atoms with E-state index >= 15 is 0 Å². The minimum Gasteiger partial charge on any atom is -0.478 e. The molecule has 0 aliphatic heterocycles. The topological polar surface area (TPSA) is 104 Å². The van der Waals surface area contributed by atoms with Gasteiger partial charge in [0.05, 0.1) is 17.6 Å². The number of hydrogen-bond donors (Lipinski definition) is 4. The Bertz CT molecular complexity index is 1010. The summed E-state index contributed by atoms with van der Waals surface area (Å²) in [5.41, 5.74) is 9.50. The molecule has 0 heterocycles. The lowest BCUT2D eigenvalue weighted by atomic mass is 9.94. The van der Waals surface area contributed by atoms with Crippen LogP contribution in [0, 0.1) is 0 Å². The van der Waals surface area contributed by atoms with Crippen LogP contribution >= 0.6 is 0 Å². The number of carbonyl (C=O) groups is 2. The van der Waals surface area contributed by atoms with E-state index in [4.69, 9.17) is 5.73 Å². The number of aromatic carboxylic acids is 1. The second-order valence-electron chi connectivity index (χ2n) is 6.91. The fourth-order valence-corrected chi connectivity index (χ4v) is 3.49. The van der Waals surface area contributed by atoms with Gasteiger partial charge < -0.3 is 21.5 Å². The van der Waals surface area contributed by atoms with Gasteiger partial charge in [-0.3, -0.25) is 0 Å². The second kappa shape index (κ2) is 9.71. The molecule has 0 fully saturated rings. The predicted octanol–water partition coefficient (Wildman–Crippen LogP) is 4.51. The van der Waals surface area contributed by atoms with E-state index in [0.29, 0.717) is 17.7 Å². The van der Waals surface area contributed by atoms with Crippen molar-refractivity contribution in [2.45, 2.75) is 25.4 Å². The first-order valence-electron chi connectivity index (χ1n) is 9.79. The van der Waals surface area contributed by atoms with Crippen molar-refractivity contribution in [1.29, 1.82) is 0 Å². The van der Waals surface area contributed by atoms with Gasteiger partial charge in [-0.2, -0.15) is 0 Å². The smallest absolute Gasteiger partial charge is 0.336 e. The highest BCUT2D eigenvalue weighted by atomic mass is 16.4. The minimum absolute atomic E-state index is 0.177. The fraction of sp³-hybridized carbons (Fsp3) is 0.167. The van der Waals surface area contributed by atoms with Crippen molar-refractivity contribution >= 4 is 17.7 Å². The molecule has 0 aliphatic rings. The lowest BCUT2D eigenvalue weighted by Gasteiger charge is -2.26. The Hall–Kier alpha value is -3.64. The van der Waals surface area contributed by atoms with Crippen molar-refractivity contribution in [3.8, 4) is 0 Å². The third-order valence-electron chi connectivity index (χ3n) is 5.00. The summed E-state index contributed by atoms with van der Waals surface area (Å²) in [5, 5.41) is 15.2. The SMILES string of the molecule is CCc1c(NC(=O)N[C@@H](c2ccccc2)[C@@H](N)c2ccccc2)cccc1C(=O)O. The number of rotatable bonds is 7. The van der Waals surface area contributed by atoms with Crippen LogP contribution in [0.15, 0.2) is 78.9 Å². The normalized spacial score (nSPS) is 12.6. The quantitative estimate of drug-likeness (QED) is 0.466. The summed E-state index contributed by atoms with van der Waals surface area (Å²) >= 11 is 0. The van der Waals surface area contributed by atoms with Crippen molar-refractivity contribution < 1.29 is 14.7 Å². The molecule has 0 spiro atoms. The van der Waals surface area contributed by atoms with Crippen molar-refractivity contribution in [3.05, 3.63) is 101 Å². The van der Waals surface area contributed by atoms with E-state index in [-0.39, 0.29) is 5.56 Å². The largest absolute Gasteiger partial charge is 0.478 e. The minimum atomic E-state index is -1.02.